The maximum Gasteiger partial charge on any atom is 0.271 e. The van der Waals surface area contributed by atoms with Crippen molar-refractivity contribution in [2.75, 3.05) is 13.6 Å². The summed E-state index contributed by atoms with van der Waals surface area (Å²) in [5, 5.41) is 11.1. The van der Waals surface area contributed by atoms with Gasteiger partial charge in [-0.1, -0.05) is 44.2 Å². The fourth-order valence-corrected chi connectivity index (χ4v) is 3.80. The molecule has 1 amide bonds. The number of aromatic nitrogens is 2. The average Bonchev–Trinajstić information content (AvgIpc) is 3.04. The second-order valence-electron chi connectivity index (χ2n) is 7.89. The van der Waals surface area contributed by atoms with Crippen LogP contribution in [0.4, 0.5) is 0 Å². The molecule has 2 N–H and O–H groups in total. The number of rotatable bonds is 8. The first kappa shape index (κ1) is 19.6. The lowest BCUT2D eigenvalue weighted by atomic mass is 9.91. The smallest absolute Gasteiger partial charge is 0.271 e. The first-order valence-corrected chi connectivity index (χ1v) is 10.2. The molecule has 1 heterocycles. The summed E-state index contributed by atoms with van der Waals surface area (Å²) in [6, 6.07) is 10.9. The van der Waals surface area contributed by atoms with Gasteiger partial charge in [0.1, 0.15) is 0 Å². The second-order valence-corrected chi connectivity index (χ2v) is 7.89. The Kier molecular flexibility index (Phi) is 6.67. The molecule has 1 aromatic carbocycles. The van der Waals surface area contributed by atoms with Gasteiger partial charge in [0.05, 0.1) is 0 Å². The molecule has 1 aliphatic rings. The summed E-state index contributed by atoms with van der Waals surface area (Å²) in [5.41, 5.74) is 4.28. The van der Waals surface area contributed by atoms with Gasteiger partial charge in [-0.2, -0.15) is 5.10 Å². The summed E-state index contributed by atoms with van der Waals surface area (Å²) in [4.78, 5) is 12.4. The van der Waals surface area contributed by atoms with Crippen LogP contribution in [0, 0.1) is 5.92 Å². The fourth-order valence-electron chi connectivity index (χ4n) is 3.80. The molecule has 0 radical (unpaired) electrons. The second kappa shape index (κ2) is 9.18. The zero-order valence-electron chi connectivity index (χ0n) is 16.8. The van der Waals surface area contributed by atoms with Crippen LogP contribution in [0.3, 0.4) is 0 Å². The minimum absolute atomic E-state index is 0.0764. The van der Waals surface area contributed by atoms with Gasteiger partial charge in [0.2, 0.25) is 0 Å². The molecule has 0 saturated heterocycles. The Labute approximate surface area is 162 Å². The zero-order chi connectivity index (χ0) is 19.2. The van der Waals surface area contributed by atoms with E-state index in [1.165, 1.54) is 17.7 Å². The highest BCUT2D eigenvalue weighted by molar-refractivity contribution is 5.93. The molecule has 1 aromatic heterocycles. The molecule has 0 aliphatic heterocycles. The summed E-state index contributed by atoms with van der Waals surface area (Å²) >= 11 is 0. The Morgan fingerprint density at radius 3 is 2.78 bits per heavy atom. The highest BCUT2D eigenvalue weighted by Crippen LogP contribution is 2.25. The third-order valence-corrected chi connectivity index (χ3v) is 5.40. The Balaban J connectivity index is 1.73. The third kappa shape index (κ3) is 4.98. The molecule has 1 atom stereocenters. The van der Waals surface area contributed by atoms with Gasteiger partial charge in [0.25, 0.3) is 5.91 Å². The predicted octanol–water partition coefficient (Wildman–Crippen LogP) is 2.98. The largest absolute Gasteiger partial charge is 0.354 e. The summed E-state index contributed by atoms with van der Waals surface area (Å²) in [7, 11) is 1.68. The quantitative estimate of drug-likeness (QED) is 0.753. The zero-order valence-corrected chi connectivity index (χ0v) is 16.8. The number of aryl methyl sites for hydroxylation is 2. The van der Waals surface area contributed by atoms with Gasteiger partial charge in [-0.3, -0.25) is 9.48 Å². The van der Waals surface area contributed by atoms with Crippen molar-refractivity contribution in [2.24, 2.45) is 5.92 Å². The average molecular weight is 369 g/mol. The molecule has 3 rings (SSSR count). The monoisotopic (exact) mass is 368 g/mol. The lowest BCUT2D eigenvalue weighted by Crippen LogP contribution is -2.36. The Morgan fingerprint density at radius 2 is 2.07 bits per heavy atom. The SMILES string of the molecule is CNC(=O)c1nn(CCc2ccccc2)c2c1CC(NCCC(C)C)CC2. The Hall–Kier alpha value is -2.14. The number of nitrogens with one attached hydrogen (secondary N) is 2. The molecule has 5 nitrogen and oxygen atoms in total. The van der Waals surface area contributed by atoms with E-state index in [0.29, 0.717) is 17.7 Å². The van der Waals surface area contributed by atoms with Gasteiger partial charge in [0.15, 0.2) is 5.69 Å². The van der Waals surface area contributed by atoms with Crippen LogP contribution >= 0.6 is 0 Å². The molecule has 0 saturated carbocycles. The van der Waals surface area contributed by atoms with Crippen LogP contribution in [0.15, 0.2) is 30.3 Å². The Bertz CT molecular complexity index is 751. The van der Waals surface area contributed by atoms with Crippen molar-refractivity contribution in [1.29, 1.82) is 0 Å². The van der Waals surface area contributed by atoms with Crippen molar-refractivity contribution < 1.29 is 4.79 Å². The van der Waals surface area contributed by atoms with Crippen molar-refractivity contribution in [2.45, 2.75) is 58.5 Å². The molecule has 1 aliphatic carbocycles. The first-order chi connectivity index (χ1) is 13.1. The maximum atomic E-state index is 12.4. The lowest BCUT2D eigenvalue weighted by Gasteiger charge is -2.25. The van der Waals surface area contributed by atoms with Gasteiger partial charge in [-0.25, -0.2) is 0 Å². The molecule has 0 spiro atoms. The minimum atomic E-state index is -0.0764. The third-order valence-electron chi connectivity index (χ3n) is 5.40. The number of benzene rings is 1. The number of carbonyl (C=O) groups is 1. The highest BCUT2D eigenvalue weighted by atomic mass is 16.1. The molecule has 0 bridgehead atoms. The van der Waals surface area contributed by atoms with E-state index in [-0.39, 0.29) is 5.91 Å². The van der Waals surface area contributed by atoms with Crippen LogP contribution in [0.25, 0.3) is 0 Å². The van der Waals surface area contributed by atoms with E-state index in [9.17, 15) is 4.79 Å². The molecule has 146 valence electrons. The van der Waals surface area contributed by atoms with Crippen LogP contribution < -0.4 is 10.6 Å². The summed E-state index contributed by atoms with van der Waals surface area (Å²) in [6.07, 6.45) is 5.09. The molecular formula is C22H32N4O. The van der Waals surface area contributed by atoms with Crippen molar-refractivity contribution in [3.63, 3.8) is 0 Å². The van der Waals surface area contributed by atoms with Crippen LogP contribution in [-0.2, 0) is 25.8 Å². The molecule has 1 unspecified atom stereocenters. The van der Waals surface area contributed by atoms with Gasteiger partial charge in [-0.05, 0) is 50.1 Å². The molecular weight excluding hydrogens is 336 g/mol. The van der Waals surface area contributed by atoms with E-state index in [1.54, 1.807) is 7.05 Å². The van der Waals surface area contributed by atoms with Crippen molar-refractivity contribution in [3.8, 4) is 0 Å². The van der Waals surface area contributed by atoms with E-state index in [2.05, 4.69) is 53.4 Å². The van der Waals surface area contributed by atoms with Crippen LogP contribution in [0.1, 0.15) is 54.0 Å². The van der Waals surface area contributed by atoms with E-state index >= 15 is 0 Å². The number of nitrogens with zero attached hydrogens (tertiary/aromatic N) is 2. The van der Waals surface area contributed by atoms with Gasteiger partial charge in [-0.15, -0.1) is 0 Å². The van der Waals surface area contributed by atoms with E-state index in [1.807, 2.05) is 6.07 Å². The summed E-state index contributed by atoms with van der Waals surface area (Å²) in [6.45, 7) is 6.35. The van der Waals surface area contributed by atoms with E-state index in [4.69, 9.17) is 5.10 Å². The fraction of sp³-hybridized carbons (Fsp3) is 0.545. The predicted molar refractivity (Wildman–Crippen MR) is 109 cm³/mol. The van der Waals surface area contributed by atoms with Gasteiger partial charge >= 0.3 is 0 Å². The maximum absolute atomic E-state index is 12.4. The van der Waals surface area contributed by atoms with E-state index < -0.39 is 0 Å². The van der Waals surface area contributed by atoms with Crippen molar-refractivity contribution in [1.82, 2.24) is 20.4 Å². The number of amides is 1. The van der Waals surface area contributed by atoms with Gasteiger partial charge < -0.3 is 10.6 Å². The normalized spacial score (nSPS) is 16.4. The molecule has 0 fully saturated rings. The molecule has 27 heavy (non-hydrogen) atoms. The van der Waals surface area contributed by atoms with Crippen LogP contribution in [0.5, 0.6) is 0 Å². The van der Waals surface area contributed by atoms with E-state index in [0.717, 1.165) is 44.3 Å². The van der Waals surface area contributed by atoms with Crippen LogP contribution in [-0.4, -0.2) is 35.3 Å². The molecule has 5 heteroatoms. The number of hydrogen-bond acceptors (Lipinski definition) is 3. The Morgan fingerprint density at radius 1 is 1.30 bits per heavy atom. The van der Waals surface area contributed by atoms with Gasteiger partial charge in [0, 0.05) is 30.9 Å². The van der Waals surface area contributed by atoms with Crippen LogP contribution in [0.2, 0.25) is 0 Å². The molecule has 2 aromatic rings. The number of fused-ring (bicyclic) bond motifs is 1. The summed E-state index contributed by atoms with van der Waals surface area (Å²) in [5.74, 6) is 0.631. The van der Waals surface area contributed by atoms with Crippen molar-refractivity contribution >= 4 is 5.91 Å². The first-order valence-electron chi connectivity index (χ1n) is 10.2. The minimum Gasteiger partial charge on any atom is -0.354 e. The highest BCUT2D eigenvalue weighted by Gasteiger charge is 2.28. The lowest BCUT2D eigenvalue weighted by molar-refractivity contribution is 0.0956. The topological polar surface area (TPSA) is 59.0 Å². The summed E-state index contributed by atoms with van der Waals surface area (Å²) < 4.78 is 2.07. The standard InChI is InChI=1S/C22H32N4O/c1-16(2)11-13-24-18-9-10-20-19(15-18)21(22(27)23-3)25-26(20)14-12-17-7-5-4-6-8-17/h4-8,16,18,24H,9-15H2,1-3H3,(H,23,27). The number of carbonyl (C=O) groups excluding carboxylic acids is 1. The number of hydrogen-bond donors (Lipinski definition) is 2. The van der Waals surface area contributed by atoms with Crippen molar-refractivity contribution in [3.05, 3.63) is 52.8 Å².